The Balaban J connectivity index is 1.37. The molecule has 0 unspecified atom stereocenters. The molecule has 1 fully saturated rings. The molecule has 3 heterocycles. The van der Waals surface area contributed by atoms with E-state index in [9.17, 15) is 13.2 Å². The van der Waals surface area contributed by atoms with E-state index in [2.05, 4.69) is 10.3 Å². The molecule has 0 bridgehead atoms. The van der Waals surface area contributed by atoms with Gasteiger partial charge in [-0.2, -0.15) is 4.31 Å². The first-order valence-electron chi connectivity index (χ1n) is 9.85. The maximum absolute atomic E-state index is 12.8. The van der Waals surface area contributed by atoms with E-state index in [1.807, 2.05) is 36.4 Å². The van der Waals surface area contributed by atoms with Gasteiger partial charge in [-0.15, -0.1) is 11.3 Å². The van der Waals surface area contributed by atoms with E-state index < -0.39 is 10.0 Å². The predicted molar refractivity (Wildman–Crippen MR) is 118 cm³/mol. The number of rotatable bonds is 6. The molecule has 1 amide bonds. The molecule has 0 radical (unpaired) electrons. The van der Waals surface area contributed by atoms with Crippen LogP contribution in [0, 0.1) is 5.92 Å². The molecule has 1 aromatic carbocycles. The molecular formula is C22H23N3O3S2. The number of hydrogen-bond acceptors (Lipinski definition) is 5. The van der Waals surface area contributed by atoms with Gasteiger partial charge >= 0.3 is 0 Å². The van der Waals surface area contributed by atoms with Crippen molar-refractivity contribution in [2.75, 3.05) is 18.4 Å². The number of carbonyl (C=O) groups is 1. The van der Waals surface area contributed by atoms with Crippen molar-refractivity contribution in [2.45, 2.75) is 23.5 Å². The number of nitrogens with zero attached hydrogens (tertiary/aromatic N) is 2. The molecule has 156 valence electrons. The van der Waals surface area contributed by atoms with E-state index in [-0.39, 0.29) is 18.4 Å². The van der Waals surface area contributed by atoms with Gasteiger partial charge in [0.2, 0.25) is 5.91 Å². The Labute approximate surface area is 180 Å². The Kier molecular flexibility index (Phi) is 6.26. The molecule has 3 aromatic rings. The van der Waals surface area contributed by atoms with Gasteiger partial charge < -0.3 is 5.32 Å². The van der Waals surface area contributed by atoms with Gasteiger partial charge in [0, 0.05) is 31.2 Å². The van der Waals surface area contributed by atoms with Crippen molar-refractivity contribution in [3.8, 4) is 0 Å². The quantitative estimate of drug-likeness (QED) is 0.631. The summed E-state index contributed by atoms with van der Waals surface area (Å²) in [5.74, 6) is -0.493. The van der Waals surface area contributed by atoms with Crippen LogP contribution in [0.5, 0.6) is 0 Å². The second-order valence-corrected chi connectivity index (χ2v) is 10.5. The van der Waals surface area contributed by atoms with Crippen molar-refractivity contribution in [2.24, 2.45) is 5.92 Å². The largest absolute Gasteiger partial charge is 0.326 e. The standard InChI is InChI=1S/C22H23N3O3S2/c26-22(19-3-1-13-25(16-19)30(27,28)21-4-2-14-29-21)24-20-7-5-17(6-8-20)15-18-9-11-23-12-10-18/h2,4-12,14,19H,1,3,13,15-16H2,(H,24,26)/t19-/m1/s1. The summed E-state index contributed by atoms with van der Waals surface area (Å²) in [7, 11) is -3.53. The highest BCUT2D eigenvalue weighted by atomic mass is 32.2. The van der Waals surface area contributed by atoms with E-state index >= 15 is 0 Å². The van der Waals surface area contributed by atoms with Crippen LogP contribution in [0.1, 0.15) is 24.0 Å². The second kappa shape index (κ2) is 9.07. The van der Waals surface area contributed by atoms with Crippen molar-refractivity contribution in [1.29, 1.82) is 0 Å². The van der Waals surface area contributed by atoms with Crippen LogP contribution in [0.15, 0.2) is 70.5 Å². The van der Waals surface area contributed by atoms with Crippen molar-refractivity contribution >= 4 is 33.0 Å². The number of piperidine rings is 1. The molecule has 1 saturated heterocycles. The number of amides is 1. The second-order valence-electron chi connectivity index (χ2n) is 7.35. The van der Waals surface area contributed by atoms with Crippen LogP contribution >= 0.6 is 11.3 Å². The van der Waals surface area contributed by atoms with Crippen molar-refractivity contribution in [3.63, 3.8) is 0 Å². The number of sulfonamides is 1. The first-order valence-corrected chi connectivity index (χ1v) is 12.2. The zero-order chi connectivity index (χ0) is 21.0. The maximum atomic E-state index is 12.8. The van der Waals surface area contributed by atoms with Crippen LogP contribution in [0.4, 0.5) is 5.69 Å². The summed E-state index contributed by atoms with van der Waals surface area (Å²) in [6, 6.07) is 15.1. The number of anilines is 1. The smallest absolute Gasteiger partial charge is 0.252 e. The van der Waals surface area contributed by atoms with E-state index in [4.69, 9.17) is 0 Å². The van der Waals surface area contributed by atoms with Gasteiger partial charge in [-0.05, 0) is 66.1 Å². The fourth-order valence-corrected chi connectivity index (χ4v) is 6.27. The monoisotopic (exact) mass is 441 g/mol. The van der Waals surface area contributed by atoms with Gasteiger partial charge in [0.25, 0.3) is 10.0 Å². The summed E-state index contributed by atoms with van der Waals surface area (Å²) in [6.45, 7) is 0.667. The Morgan fingerprint density at radius 2 is 1.83 bits per heavy atom. The summed E-state index contributed by atoms with van der Waals surface area (Å²) >= 11 is 1.20. The number of nitrogens with one attached hydrogen (secondary N) is 1. The third-order valence-electron chi connectivity index (χ3n) is 5.22. The Morgan fingerprint density at radius 3 is 2.53 bits per heavy atom. The average Bonchev–Trinajstić information content (AvgIpc) is 3.32. The van der Waals surface area contributed by atoms with Gasteiger partial charge in [-0.1, -0.05) is 18.2 Å². The molecule has 1 aliphatic heterocycles. The first-order chi connectivity index (χ1) is 14.5. The Morgan fingerprint density at radius 1 is 1.10 bits per heavy atom. The van der Waals surface area contributed by atoms with Crippen LogP contribution in [-0.2, 0) is 21.2 Å². The molecule has 1 aliphatic rings. The zero-order valence-electron chi connectivity index (χ0n) is 16.4. The topological polar surface area (TPSA) is 79.4 Å². The number of thiophene rings is 1. The third kappa shape index (κ3) is 4.77. The minimum absolute atomic E-state index is 0.136. The van der Waals surface area contributed by atoms with E-state index in [0.29, 0.717) is 23.6 Å². The molecule has 30 heavy (non-hydrogen) atoms. The van der Waals surface area contributed by atoms with Crippen LogP contribution in [0.25, 0.3) is 0 Å². The highest BCUT2D eigenvalue weighted by molar-refractivity contribution is 7.91. The van der Waals surface area contributed by atoms with Crippen molar-refractivity contribution in [1.82, 2.24) is 9.29 Å². The van der Waals surface area contributed by atoms with Gasteiger partial charge in [-0.3, -0.25) is 9.78 Å². The summed E-state index contributed by atoms with van der Waals surface area (Å²) in [6.07, 6.45) is 5.71. The highest BCUT2D eigenvalue weighted by Crippen LogP contribution is 2.27. The number of pyridine rings is 1. The molecule has 2 aromatic heterocycles. The molecule has 1 N–H and O–H groups in total. The zero-order valence-corrected chi connectivity index (χ0v) is 18.0. The molecule has 6 nitrogen and oxygen atoms in total. The number of aromatic nitrogens is 1. The highest BCUT2D eigenvalue weighted by Gasteiger charge is 2.33. The average molecular weight is 442 g/mol. The molecule has 0 spiro atoms. The third-order valence-corrected chi connectivity index (χ3v) is 8.46. The summed E-state index contributed by atoms with van der Waals surface area (Å²) in [5.41, 5.74) is 3.04. The van der Waals surface area contributed by atoms with Gasteiger partial charge in [0.15, 0.2) is 0 Å². The van der Waals surface area contributed by atoms with Gasteiger partial charge in [-0.25, -0.2) is 8.42 Å². The van der Waals surface area contributed by atoms with Crippen molar-refractivity contribution < 1.29 is 13.2 Å². The Hall–Kier alpha value is -2.55. The van der Waals surface area contributed by atoms with Crippen LogP contribution in [0.3, 0.4) is 0 Å². The SMILES string of the molecule is O=C(Nc1ccc(Cc2ccncc2)cc1)[C@@H]1CCCN(S(=O)(=O)c2cccs2)C1. The lowest BCUT2D eigenvalue weighted by atomic mass is 9.98. The lowest BCUT2D eigenvalue weighted by Crippen LogP contribution is -2.43. The predicted octanol–water partition coefficient (Wildman–Crippen LogP) is 3.77. The van der Waals surface area contributed by atoms with E-state index in [1.54, 1.807) is 29.9 Å². The summed E-state index contributed by atoms with van der Waals surface area (Å²) in [4.78, 5) is 16.8. The molecule has 0 saturated carbocycles. The molecule has 8 heteroatoms. The number of hydrogen-bond donors (Lipinski definition) is 1. The molecular weight excluding hydrogens is 418 g/mol. The fraction of sp³-hybridized carbons (Fsp3) is 0.273. The van der Waals surface area contributed by atoms with Crippen molar-refractivity contribution in [3.05, 3.63) is 77.4 Å². The molecule has 4 rings (SSSR count). The van der Waals surface area contributed by atoms with Crippen LogP contribution < -0.4 is 5.32 Å². The van der Waals surface area contributed by atoms with E-state index in [0.717, 1.165) is 17.7 Å². The fourth-order valence-electron chi connectivity index (χ4n) is 3.60. The maximum Gasteiger partial charge on any atom is 0.252 e. The first kappa shape index (κ1) is 20.7. The lowest BCUT2D eigenvalue weighted by Gasteiger charge is -2.30. The van der Waals surface area contributed by atoms with E-state index in [1.165, 1.54) is 21.2 Å². The Bertz CT molecular complexity index is 1080. The van der Waals surface area contributed by atoms with Crippen LogP contribution in [0.2, 0.25) is 0 Å². The summed E-state index contributed by atoms with van der Waals surface area (Å²) in [5, 5.41) is 4.69. The van der Waals surface area contributed by atoms with Gasteiger partial charge in [0.05, 0.1) is 5.92 Å². The van der Waals surface area contributed by atoms with Crippen LogP contribution in [-0.4, -0.2) is 36.7 Å². The molecule has 1 atom stereocenters. The lowest BCUT2D eigenvalue weighted by molar-refractivity contribution is -0.120. The summed E-state index contributed by atoms with van der Waals surface area (Å²) < 4.78 is 27.3. The van der Waals surface area contributed by atoms with Gasteiger partial charge in [0.1, 0.15) is 4.21 Å². The normalized spacial score (nSPS) is 17.5. The number of carbonyl (C=O) groups excluding carboxylic acids is 1. The number of benzene rings is 1. The minimum atomic E-state index is -3.53. The molecule has 0 aliphatic carbocycles. The minimum Gasteiger partial charge on any atom is -0.326 e.